The third-order valence-corrected chi connectivity index (χ3v) is 1.92. The Bertz CT molecular complexity index is 441. The summed E-state index contributed by atoms with van der Waals surface area (Å²) in [6.45, 7) is 3.75. The Hall–Kier alpha value is -1.21. The van der Waals surface area contributed by atoms with E-state index in [4.69, 9.17) is 11.6 Å². The molecule has 86 valence electrons. The Labute approximate surface area is 96.6 Å². The largest absolute Gasteiger partial charge is 0.433 e. The van der Waals surface area contributed by atoms with Crippen LogP contribution in [0.2, 0.25) is 5.15 Å². The zero-order chi connectivity index (χ0) is 12.3. The highest BCUT2D eigenvalue weighted by atomic mass is 35.5. The van der Waals surface area contributed by atoms with Crippen molar-refractivity contribution in [3.05, 3.63) is 28.5 Å². The number of alkyl halides is 3. The van der Waals surface area contributed by atoms with Crippen molar-refractivity contribution in [2.75, 3.05) is 0 Å². The molecule has 5 heteroatoms. The first kappa shape index (κ1) is 12.9. The van der Waals surface area contributed by atoms with Crippen molar-refractivity contribution in [3.8, 4) is 11.8 Å². The van der Waals surface area contributed by atoms with E-state index < -0.39 is 11.9 Å². The first-order chi connectivity index (χ1) is 7.30. The van der Waals surface area contributed by atoms with E-state index in [-0.39, 0.29) is 11.1 Å². The van der Waals surface area contributed by atoms with Crippen LogP contribution in [0.25, 0.3) is 0 Å². The molecule has 0 fully saturated rings. The number of hydrogen-bond donors (Lipinski definition) is 0. The van der Waals surface area contributed by atoms with Gasteiger partial charge in [0, 0.05) is 5.92 Å². The van der Waals surface area contributed by atoms with Gasteiger partial charge in [-0.25, -0.2) is 4.98 Å². The molecule has 0 atom stereocenters. The number of halogens is 4. The molecular formula is C11H9ClF3N. The van der Waals surface area contributed by atoms with Gasteiger partial charge >= 0.3 is 6.18 Å². The van der Waals surface area contributed by atoms with E-state index in [9.17, 15) is 13.2 Å². The number of rotatable bonds is 0. The van der Waals surface area contributed by atoms with Crippen molar-refractivity contribution in [2.24, 2.45) is 5.92 Å². The predicted molar refractivity (Wildman–Crippen MR) is 56.0 cm³/mol. The van der Waals surface area contributed by atoms with E-state index in [1.165, 1.54) is 6.07 Å². The Balaban J connectivity index is 3.07. The molecule has 0 bridgehead atoms. The maximum Gasteiger partial charge on any atom is 0.433 e. The molecule has 0 aromatic carbocycles. The molecule has 1 nitrogen and oxygen atoms in total. The molecule has 0 saturated carbocycles. The van der Waals surface area contributed by atoms with Crippen molar-refractivity contribution in [2.45, 2.75) is 20.0 Å². The van der Waals surface area contributed by atoms with Crippen molar-refractivity contribution >= 4 is 11.6 Å². The van der Waals surface area contributed by atoms with Crippen LogP contribution in [0.3, 0.4) is 0 Å². The van der Waals surface area contributed by atoms with Gasteiger partial charge in [-0.1, -0.05) is 37.3 Å². The van der Waals surface area contributed by atoms with Gasteiger partial charge < -0.3 is 0 Å². The van der Waals surface area contributed by atoms with Crippen LogP contribution in [0.5, 0.6) is 0 Å². The van der Waals surface area contributed by atoms with E-state index in [0.29, 0.717) is 5.56 Å². The molecule has 16 heavy (non-hydrogen) atoms. The lowest BCUT2D eigenvalue weighted by Crippen LogP contribution is -2.08. The molecule has 0 unspecified atom stereocenters. The van der Waals surface area contributed by atoms with Crippen LogP contribution in [-0.2, 0) is 6.18 Å². The van der Waals surface area contributed by atoms with Crippen LogP contribution in [0, 0.1) is 17.8 Å². The number of aromatic nitrogens is 1. The summed E-state index contributed by atoms with van der Waals surface area (Å²) in [6.07, 6.45) is -4.48. The molecule has 0 saturated heterocycles. The molecular weight excluding hydrogens is 239 g/mol. The zero-order valence-electron chi connectivity index (χ0n) is 8.69. The maximum absolute atomic E-state index is 12.3. The summed E-state index contributed by atoms with van der Waals surface area (Å²) in [5, 5.41) is -0.219. The fourth-order valence-electron chi connectivity index (χ4n) is 0.907. The smallest absolute Gasteiger partial charge is 0.230 e. The van der Waals surface area contributed by atoms with Gasteiger partial charge in [0.15, 0.2) is 0 Å². The Morgan fingerprint density at radius 3 is 2.38 bits per heavy atom. The van der Waals surface area contributed by atoms with Crippen molar-refractivity contribution in [3.63, 3.8) is 0 Å². The second kappa shape index (κ2) is 4.75. The molecule has 1 aromatic heterocycles. The zero-order valence-corrected chi connectivity index (χ0v) is 9.45. The van der Waals surface area contributed by atoms with Crippen LogP contribution in [-0.4, -0.2) is 4.98 Å². The van der Waals surface area contributed by atoms with E-state index in [1.807, 2.05) is 13.8 Å². The fraction of sp³-hybridized carbons (Fsp3) is 0.364. The summed E-state index contributed by atoms with van der Waals surface area (Å²) in [6, 6.07) is 2.10. The molecule has 1 heterocycles. The van der Waals surface area contributed by atoms with Gasteiger partial charge in [0.25, 0.3) is 0 Å². The Morgan fingerprint density at radius 1 is 1.31 bits per heavy atom. The van der Waals surface area contributed by atoms with Crippen molar-refractivity contribution < 1.29 is 13.2 Å². The first-order valence-electron chi connectivity index (χ1n) is 4.56. The van der Waals surface area contributed by atoms with Crippen LogP contribution in [0.4, 0.5) is 13.2 Å². The summed E-state index contributed by atoms with van der Waals surface area (Å²) in [5.74, 6) is 5.61. The minimum Gasteiger partial charge on any atom is -0.230 e. The highest BCUT2D eigenvalue weighted by Gasteiger charge is 2.32. The molecule has 1 rings (SSSR count). The van der Waals surface area contributed by atoms with Gasteiger partial charge in [0.2, 0.25) is 0 Å². The van der Waals surface area contributed by atoms with Crippen LogP contribution in [0.15, 0.2) is 12.1 Å². The fourth-order valence-corrected chi connectivity index (χ4v) is 1.11. The normalized spacial score (nSPS) is 11.2. The van der Waals surface area contributed by atoms with Crippen LogP contribution >= 0.6 is 11.6 Å². The second-order valence-corrected chi connectivity index (χ2v) is 3.81. The van der Waals surface area contributed by atoms with Gasteiger partial charge in [-0.2, -0.15) is 13.2 Å². The minimum absolute atomic E-state index is 0.123. The van der Waals surface area contributed by atoms with Crippen molar-refractivity contribution in [1.29, 1.82) is 0 Å². The predicted octanol–water partition coefficient (Wildman–Crippen LogP) is 3.76. The van der Waals surface area contributed by atoms with E-state index in [0.717, 1.165) is 6.07 Å². The Morgan fingerprint density at radius 2 is 1.94 bits per heavy atom. The molecule has 0 aliphatic carbocycles. The molecule has 1 aromatic rings. The number of pyridine rings is 1. The van der Waals surface area contributed by atoms with Crippen LogP contribution < -0.4 is 0 Å². The lowest BCUT2D eigenvalue weighted by Gasteiger charge is -2.05. The summed E-state index contributed by atoms with van der Waals surface area (Å²) in [4.78, 5) is 3.26. The number of hydrogen-bond acceptors (Lipinski definition) is 1. The summed E-state index contributed by atoms with van der Waals surface area (Å²) >= 11 is 5.61. The molecule has 0 spiro atoms. The summed E-state index contributed by atoms with van der Waals surface area (Å²) in [7, 11) is 0. The van der Waals surface area contributed by atoms with Gasteiger partial charge in [0.1, 0.15) is 10.8 Å². The quantitative estimate of drug-likeness (QED) is 0.502. The number of nitrogens with zero attached hydrogens (tertiary/aromatic N) is 1. The topological polar surface area (TPSA) is 12.9 Å². The average molecular weight is 248 g/mol. The highest BCUT2D eigenvalue weighted by molar-refractivity contribution is 6.30. The van der Waals surface area contributed by atoms with Crippen LogP contribution in [0.1, 0.15) is 25.1 Å². The third kappa shape index (κ3) is 3.42. The highest BCUT2D eigenvalue weighted by Crippen LogP contribution is 2.29. The van der Waals surface area contributed by atoms with E-state index in [2.05, 4.69) is 16.8 Å². The average Bonchev–Trinajstić information content (AvgIpc) is 2.14. The molecule has 0 aliphatic heterocycles. The summed E-state index contributed by atoms with van der Waals surface area (Å²) in [5.41, 5.74) is -0.698. The maximum atomic E-state index is 12.3. The van der Waals surface area contributed by atoms with Crippen molar-refractivity contribution in [1.82, 2.24) is 4.98 Å². The third-order valence-electron chi connectivity index (χ3n) is 1.63. The van der Waals surface area contributed by atoms with E-state index in [1.54, 1.807) is 0 Å². The Kier molecular flexibility index (Phi) is 3.82. The molecule has 0 radical (unpaired) electrons. The first-order valence-corrected chi connectivity index (χ1v) is 4.94. The molecule has 0 N–H and O–H groups in total. The standard InChI is InChI=1S/C11H9ClF3N/c1-7(2)3-4-8-5-6-9(11(13,14)15)16-10(8)12/h5-7H,1-2H3. The summed E-state index contributed by atoms with van der Waals surface area (Å²) < 4.78 is 36.8. The van der Waals surface area contributed by atoms with E-state index >= 15 is 0 Å². The second-order valence-electron chi connectivity index (χ2n) is 3.46. The lowest BCUT2D eigenvalue weighted by atomic mass is 10.2. The van der Waals surface area contributed by atoms with Gasteiger partial charge in [0.05, 0.1) is 5.56 Å². The van der Waals surface area contributed by atoms with Gasteiger partial charge in [-0.15, -0.1) is 0 Å². The minimum atomic E-state index is -4.48. The lowest BCUT2D eigenvalue weighted by molar-refractivity contribution is -0.141. The monoisotopic (exact) mass is 247 g/mol. The molecule has 0 amide bonds. The SMILES string of the molecule is CC(C)C#Cc1ccc(C(F)(F)F)nc1Cl. The van der Waals surface area contributed by atoms with Gasteiger partial charge in [-0.05, 0) is 12.1 Å². The molecule has 0 aliphatic rings. The van der Waals surface area contributed by atoms with Gasteiger partial charge in [-0.3, -0.25) is 0 Å².